The Labute approximate surface area is 108 Å². The van der Waals surface area contributed by atoms with Gasteiger partial charge in [-0.3, -0.25) is 14.9 Å². The molecule has 7 nitrogen and oxygen atoms in total. The molecule has 0 atom stereocenters. The second-order valence-electron chi connectivity index (χ2n) is 3.54. The Bertz CT molecular complexity index is 652. The van der Waals surface area contributed by atoms with Crippen LogP contribution < -0.4 is 10.2 Å². The number of rotatable bonds is 3. The molecule has 7 heteroatoms. The third-order valence-corrected chi connectivity index (χ3v) is 2.48. The van der Waals surface area contributed by atoms with E-state index in [1.165, 1.54) is 14.2 Å². The topological polar surface area (TPSA) is 94.2 Å². The number of nitrogens with one attached hydrogen (secondary N) is 1. The van der Waals surface area contributed by atoms with Gasteiger partial charge in [0.2, 0.25) is 5.69 Å². The van der Waals surface area contributed by atoms with E-state index in [0.29, 0.717) is 11.3 Å². The Balaban J connectivity index is 2.63. The summed E-state index contributed by atoms with van der Waals surface area (Å²) in [6.07, 6.45) is 3.14. The molecule has 2 aromatic rings. The highest BCUT2D eigenvalue weighted by atomic mass is 16.5. The number of carbonyl (C=O) groups is 1. The van der Waals surface area contributed by atoms with E-state index in [9.17, 15) is 9.59 Å². The molecule has 0 radical (unpaired) electrons. The number of ether oxygens (including phenoxy) is 2. The van der Waals surface area contributed by atoms with E-state index in [1.54, 1.807) is 24.5 Å². The molecule has 0 aliphatic rings. The van der Waals surface area contributed by atoms with E-state index in [-0.39, 0.29) is 11.4 Å². The fraction of sp³-hybridized carbons (Fsp3) is 0.167. The number of esters is 1. The third-order valence-electron chi connectivity index (χ3n) is 2.48. The van der Waals surface area contributed by atoms with Crippen molar-refractivity contribution in [2.24, 2.45) is 0 Å². The lowest BCUT2D eigenvalue weighted by molar-refractivity contribution is 0.0590. The van der Waals surface area contributed by atoms with Crippen LogP contribution in [0.4, 0.5) is 0 Å². The monoisotopic (exact) mass is 261 g/mol. The summed E-state index contributed by atoms with van der Waals surface area (Å²) in [7, 11) is 2.52. The van der Waals surface area contributed by atoms with E-state index in [2.05, 4.69) is 19.9 Å². The Morgan fingerprint density at radius 1 is 1.26 bits per heavy atom. The Morgan fingerprint density at radius 3 is 2.53 bits per heavy atom. The van der Waals surface area contributed by atoms with Gasteiger partial charge in [0.25, 0.3) is 5.43 Å². The summed E-state index contributed by atoms with van der Waals surface area (Å²) < 4.78 is 9.53. The number of methoxy groups -OCH3 is 2. The molecule has 2 heterocycles. The van der Waals surface area contributed by atoms with Gasteiger partial charge in [0.05, 0.1) is 14.2 Å². The number of aromatic nitrogens is 3. The minimum absolute atomic E-state index is 0.00148. The molecule has 19 heavy (non-hydrogen) atoms. The van der Waals surface area contributed by atoms with E-state index in [4.69, 9.17) is 4.74 Å². The van der Waals surface area contributed by atoms with Crippen molar-refractivity contribution >= 4 is 5.97 Å². The van der Waals surface area contributed by atoms with Gasteiger partial charge in [0.15, 0.2) is 5.75 Å². The molecular formula is C12H11N3O4. The zero-order valence-corrected chi connectivity index (χ0v) is 10.3. The average molecular weight is 261 g/mol. The molecule has 0 unspecified atom stereocenters. The fourth-order valence-electron chi connectivity index (χ4n) is 1.58. The highest BCUT2D eigenvalue weighted by molar-refractivity contribution is 5.88. The summed E-state index contributed by atoms with van der Waals surface area (Å²) in [6, 6.07) is 3.38. The number of carbonyl (C=O) groups excluding carboxylic acids is 1. The molecule has 0 saturated heterocycles. The number of H-pyrrole nitrogens is 1. The maximum absolute atomic E-state index is 12.1. The first kappa shape index (κ1) is 12.7. The van der Waals surface area contributed by atoms with E-state index in [0.717, 1.165) is 0 Å². The second-order valence-corrected chi connectivity index (χ2v) is 3.54. The van der Waals surface area contributed by atoms with Crippen LogP contribution in [0.5, 0.6) is 5.75 Å². The molecule has 0 bridgehead atoms. The van der Waals surface area contributed by atoms with Crippen molar-refractivity contribution < 1.29 is 14.3 Å². The van der Waals surface area contributed by atoms with E-state index in [1.807, 2.05) is 0 Å². The van der Waals surface area contributed by atoms with Gasteiger partial charge in [-0.1, -0.05) is 0 Å². The lowest BCUT2D eigenvalue weighted by Crippen LogP contribution is -2.22. The zero-order valence-electron chi connectivity index (χ0n) is 10.3. The van der Waals surface area contributed by atoms with Crippen molar-refractivity contribution in [3.8, 4) is 17.0 Å². The predicted molar refractivity (Wildman–Crippen MR) is 66.0 cm³/mol. The zero-order chi connectivity index (χ0) is 13.8. The van der Waals surface area contributed by atoms with Gasteiger partial charge < -0.3 is 9.47 Å². The molecule has 1 N–H and O–H groups in total. The Hall–Kier alpha value is -2.70. The summed E-state index contributed by atoms with van der Waals surface area (Å²) in [6.45, 7) is 0. The standard InChI is InChI=1S/C12H11N3O4/c1-18-11-8(7-3-5-13-6-4-7)14-15-9(10(11)16)12(17)19-2/h3-6H,1-2H3,(H,14,16). The number of pyridine rings is 1. The van der Waals surface area contributed by atoms with Gasteiger partial charge in [-0.05, 0) is 12.1 Å². The van der Waals surface area contributed by atoms with Crippen LogP contribution in [-0.4, -0.2) is 35.4 Å². The van der Waals surface area contributed by atoms with Crippen LogP contribution in [0.25, 0.3) is 11.3 Å². The van der Waals surface area contributed by atoms with Crippen LogP contribution in [0, 0.1) is 0 Å². The van der Waals surface area contributed by atoms with Crippen molar-refractivity contribution in [3.05, 3.63) is 40.4 Å². The third kappa shape index (κ3) is 2.30. The highest BCUT2D eigenvalue weighted by Crippen LogP contribution is 2.23. The molecule has 0 amide bonds. The molecule has 2 aromatic heterocycles. The van der Waals surface area contributed by atoms with Crippen LogP contribution >= 0.6 is 0 Å². The van der Waals surface area contributed by atoms with E-state index < -0.39 is 11.4 Å². The smallest absolute Gasteiger partial charge is 0.362 e. The van der Waals surface area contributed by atoms with Crippen LogP contribution in [0.3, 0.4) is 0 Å². The summed E-state index contributed by atoms with van der Waals surface area (Å²) in [4.78, 5) is 27.3. The summed E-state index contributed by atoms with van der Waals surface area (Å²) in [5, 5.41) is 6.35. The number of hydrogen-bond acceptors (Lipinski definition) is 6. The summed E-state index contributed by atoms with van der Waals surface area (Å²) in [5.41, 5.74) is 0.0764. The lowest BCUT2D eigenvalue weighted by atomic mass is 10.1. The number of aromatic amines is 1. The molecule has 0 aliphatic heterocycles. The van der Waals surface area contributed by atoms with E-state index >= 15 is 0 Å². The van der Waals surface area contributed by atoms with Crippen LogP contribution in [0.15, 0.2) is 29.3 Å². The highest BCUT2D eigenvalue weighted by Gasteiger charge is 2.20. The maximum atomic E-state index is 12.1. The van der Waals surface area contributed by atoms with Crippen LogP contribution in [0.1, 0.15) is 10.5 Å². The molecule has 0 aromatic carbocycles. The van der Waals surface area contributed by atoms with Gasteiger partial charge in [-0.15, -0.1) is 0 Å². The first-order valence-electron chi connectivity index (χ1n) is 5.34. The van der Waals surface area contributed by atoms with Gasteiger partial charge in [-0.25, -0.2) is 4.79 Å². The van der Waals surface area contributed by atoms with Gasteiger partial charge in [0, 0.05) is 18.0 Å². The van der Waals surface area contributed by atoms with Crippen LogP contribution in [-0.2, 0) is 4.74 Å². The van der Waals surface area contributed by atoms with Crippen molar-refractivity contribution in [2.45, 2.75) is 0 Å². The Kier molecular flexibility index (Phi) is 3.56. The number of nitrogens with zero attached hydrogens (tertiary/aromatic N) is 2. The molecule has 0 aliphatic carbocycles. The first-order valence-corrected chi connectivity index (χ1v) is 5.34. The van der Waals surface area contributed by atoms with Crippen molar-refractivity contribution in [1.29, 1.82) is 0 Å². The minimum atomic E-state index is -0.819. The molecular weight excluding hydrogens is 250 g/mol. The normalized spacial score (nSPS) is 10.0. The van der Waals surface area contributed by atoms with Gasteiger partial charge in [-0.2, -0.15) is 5.10 Å². The van der Waals surface area contributed by atoms with Crippen molar-refractivity contribution in [2.75, 3.05) is 14.2 Å². The summed E-state index contributed by atoms with van der Waals surface area (Å²) >= 11 is 0. The van der Waals surface area contributed by atoms with Gasteiger partial charge in [0.1, 0.15) is 5.69 Å². The predicted octanol–water partition coefficient (Wildman–Crippen LogP) is 0.627. The molecule has 0 spiro atoms. The molecule has 2 rings (SSSR count). The first-order chi connectivity index (χ1) is 9.19. The molecule has 0 fully saturated rings. The Morgan fingerprint density at radius 2 is 1.95 bits per heavy atom. The fourth-order valence-corrected chi connectivity index (χ4v) is 1.58. The molecule has 98 valence electrons. The SMILES string of the molecule is COC(=O)c1n[nH]c(-c2ccncc2)c(OC)c1=O. The van der Waals surface area contributed by atoms with Crippen LogP contribution in [0.2, 0.25) is 0 Å². The summed E-state index contributed by atoms with van der Waals surface area (Å²) in [5.74, 6) is -0.817. The average Bonchev–Trinajstić information content (AvgIpc) is 2.47. The quantitative estimate of drug-likeness (QED) is 0.814. The second kappa shape index (κ2) is 5.30. The van der Waals surface area contributed by atoms with Gasteiger partial charge >= 0.3 is 5.97 Å². The maximum Gasteiger partial charge on any atom is 0.362 e. The van der Waals surface area contributed by atoms with Crippen molar-refractivity contribution in [1.82, 2.24) is 15.2 Å². The largest absolute Gasteiger partial charge is 0.491 e. The number of hydrogen-bond donors (Lipinski definition) is 1. The lowest BCUT2D eigenvalue weighted by Gasteiger charge is -2.08. The minimum Gasteiger partial charge on any atom is -0.491 e. The van der Waals surface area contributed by atoms with Crippen molar-refractivity contribution in [3.63, 3.8) is 0 Å². The molecule has 0 saturated carbocycles.